The van der Waals surface area contributed by atoms with E-state index in [0.29, 0.717) is 4.47 Å². The Kier molecular flexibility index (Phi) is 6.26. The number of carbonyl (C=O) groups is 1. The van der Waals surface area contributed by atoms with E-state index in [-0.39, 0.29) is 17.0 Å². The maximum Gasteiger partial charge on any atom is 0.321 e. The molecule has 0 radical (unpaired) electrons. The second-order valence-corrected chi connectivity index (χ2v) is 7.91. The first kappa shape index (κ1) is 19.5. The van der Waals surface area contributed by atoms with Gasteiger partial charge in [-0.25, -0.2) is 17.2 Å². The van der Waals surface area contributed by atoms with Gasteiger partial charge >= 0.3 is 5.97 Å². The summed E-state index contributed by atoms with van der Waals surface area (Å²) in [5.74, 6) is -2.92. The summed E-state index contributed by atoms with van der Waals surface area (Å²) < 4.78 is 58.1. The topological polar surface area (TPSA) is 63.7 Å². The number of esters is 1. The molecule has 2 aromatic carbocycles. The summed E-state index contributed by atoms with van der Waals surface area (Å²) in [7, 11) is -2.92. The van der Waals surface area contributed by atoms with Crippen molar-refractivity contribution in [2.45, 2.75) is 11.4 Å². The van der Waals surface area contributed by atoms with Crippen LogP contribution in [0.25, 0.3) is 0 Å². The van der Waals surface area contributed by atoms with Crippen LogP contribution in [0, 0.1) is 11.6 Å². The summed E-state index contributed by atoms with van der Waals surface area (Å²) in [6.45, 7) is -0.876. The van der Waals surface area contributed by atoms with Crippen molar-refractivity contribution in [2.75, 3.05) is 13.7 Å². The molecular weight excluding hydrogens is 420 g/mol. The van der Waals surface area contributed by atoms with Gasteiger partial charge in [0.1, 0.15) is 6.54 Å². The zero-order valence-corrected chi connectivity index (χ0v) is 15.5. The molecule has 0 unspecified atom stereocenters. The van der Waals surface area contributed by atoms with Gasteiger partial charge in [0, 0.05) is 11.0 Å². The monoisotopic (exact) mass is 433 g/mol. The number of sulfonamides is 1. The van der Waals surface area contributed by atoms with Crippen molar-refractivity contribution in [3.63, 3.8) is 0 Å². The van der Waals surface area contributed by atoms with Gasteiger partial charge in [-0.2, -0.15) is 4.31 Å². The third-order valence-electron chi connectivity index (χ3n) is 3.33. The van der Waals surface area contributed by atoms with Crippen LogP contribution in [0.4, 0.5) is 8.78 Å². The van der Waals surface area contributed by atoms with Gasteiger partial charge < -0.3 is 4.74 Å². The van der Waals surface area contributed by atoms with Crippen molar-refractivity contribution in [3.8, 4) is 0 Å². The lowest BCUT2D eigenvalue weighted by Gasteiger charge is -2.21. The molecule has 0 amide bonds. The number of carbonyl (C=O) groups excluding carboxylic acids is 1. The summed E-state index contributed by atoms with van der Waals surface area (Å²) in [5, 5.41) is 0. The highest BCUT2D eigenvalue weighted by atomic mass is 79.9. The zero-order valence-electron chi connectivity index (χ0n) is 13.1. The molecule has 0 spiro atoms. The van der Waals surface area contributed by atoms with Crippen LogP contribution in [0.15, 0.2) is 51.8 Å². The van der Waals surface area contributed by atoms with E-state index in [0.717, 1.165) is 23.5 Å². The minimum absolute atomic E-state index is 0.0396. The Morgan fingerprint density at radius 3 is 2.32 bits per heavy atom. The van der Waals surface area contributed by atoms with E-state index in [2.05, 4.69) is 20.7 Å². The zero-order chi connectivity index (χ0) is 18.6. The maximum atomic E-state index is 13.4. The SMILES string of the molecule is COC(=O)CN(Cc1ccc(F)c(F)c1)S(=O)(=O)c1ccc(Br)cc1. The van der Waals surface area contributed by atoms with Gasteiger partial charge in [0.25, 0.3) is 0 Å². The van der Waals surface area contributed by atoms with Crippen molar-refractivity contribution < 1.29 is 26.7 Å². The molecule has 0 saturated carbocycles. The maximum absolute atomic E-state index is 13.4. The predicted octanol–water partition coefficient (Wildman–Crippen LogP) is 3.09. The van der Waals surface area contributed by atoms with Gasteiger partial charge in [-0.1, -0.05) is 22.0 Å². The quantitative estimate of drug-likeness (QED) is 0.656. The Morgan fingerprint density at radius 2 is 1.76 bits per heavy atom. The molecular formula is C16H14BrF2NO4S. The molecule has 0 aliphatic heterocycles. The minimum Gasteiger partial charge on any atom is -0.468 e. The summed E-state index contributed by atoms with van der Waals surface area (Å²) in [5.41, 5.74) is 0.198. The number of hydrogen-bond donors (Lipinski definition) is 0. The molecule has 0 aliphatic rings. The highest BCUT2D eigenvalue weighted by Gasteiger charge is 2.27. The standard InChI is InChI=1S/C16H14BrF2NO4S/c1-24-16(21)10-20(9-11-2-7-14(18)15(19)8-11)25(22,23)13-5-3-12(17)4-6-13/h2-8H,9-10H2,1H3. The lowest BCUT2D eigenvalue weighted by atomic mass is 10.2. The lowest BCUT2D eigenvalue weighted by Crippen LogP contribution is -2.35. The van der Waals surface area contributed by atoms with Crippen LogP contribution < -0.4 is 0 Å². The van der Waals surface area contributed by atoms with E-state index >= 15 is 0 Å². The molecule has 0 fully saturated rings. The molecule has 0 saturated heterocycles. The van der Waals surface area contributed by atoms with Gasteiger partial charge in [-0.05, 0) is 42.0 Å². The molecule has 5 nitrogen and oxygen atoms in total. The first-order chi connectivity index (χ1) is 11.7. The number of hydrogen-bond acceptors (Lipinski definition) is 4. The van der Waals surface area contributed by atoms with E-state index in [1.807, 2.05) is 0 Å². The van der Waals surface area contributed by atoms with Crippen molar-refractivity contribution >= 4 is 31.9 Å². The van der Waals surface area contributed by atoms with Gasteiger partial charge in [-0.3, -0.25) is 4.79 Å². The number of benzene rings is 2. The lowest BCUT2D eigenvalue weighted by molar-refractivity contribution is -0.140. The van der Waals surface area contributed by atoms with Gasteiger partial charge in [0.05, 0.1) is 12.0 Å². The smallest absolute Gasteiger partial charge is 0.321 e. The number of rotatable bonds is 6. The molecule has 0 bridgehead atoms. The Hall–Kier alpha value is -1.84. The molecule has 9 heteroatoms. The van der Waals surface area contributed by atoms with E-state index < -0.39 is 34.2 Å². The average Bonchev–Trinajstić information content (AvgIpc) is 2.57. The van der Waals surface area contributed by atoms with Crippen LogP contribution in [0.1, 0.15) is 5.56 Å². The second kappa shape index (κ2) is 8.03. The van der Waals surface area contributed by atoms with E-state index in [4.69, 9.17) is 0 Å². The van der Waals surface area contributed by atoms with Crippen molar-refractivity contribution in [2.24, 2.45) is 0 Å². The van der Waals surface area contributed by atoms with Crippen LogP contribution in [0.5, 0.6) is 0 Å². The van der Waals surface area contributed by atoms with Crippen molar-refractivity contribution in [1.29, 1.82) is 0 Å². The van der Waals surface area contributed by atoms with Gasteiger partial charge in [0.15, 0.2) is 11.6 Å². The number of methoxy groups -OCH3 is 1. The van der Waals surface area contributed by atoms with Crippen LogP contribution >= 0.6 is 15.9 Å². The molecule has 0 heterocycles. The summed E-state index contributed by atoms with van der Waals surface area (Å²) in [6, 6.07) is 8.86. The molecule has 0 aliphatic carbocycles. The molecule has 0 N–H and O–H groups in total. The Labute approximate surface area is 152 Å². The fraction of sp³-hybridized carbons (Fsp3) is 0.188. The van der Waals surface area contributed by atoms with Crippen LogP contribution in [0.3, 0.4) is 0 Å². The Morgan fingerprint density at radius 1 is 1.12 bits per heavy atom. The molecule has 25 heavy (non-hydrogen) atoms. The van der Waals surface area contributed by atoms with E-state index in [1.165, 1.54) is 18.2 Å². The number of ether oxygens (including phenoxy) is 1. The van der Waals surface area contributed by atoms with Crippen molar-refractivity contribution in [3.05, 3.63) is 64.1 Å². The number of halogens is 3. The third kappa shape index (κ3) is 4.83. The Bertz CT molecular complexity index is 872. The van der Waals surface area contributed by atoms with Crippen LogP contribution in [0.2, 0.25) is 0 Å². The average molecular weight is 434 g/mol. The fourth-order valence-electron chi connectivity index (χ4n) is 2.03. The second-order valence-electron chi connectivity index (χ2n) is 5.05. The van der Waals surface area contributed by atoms with Gasteiger partial charge in [-0.15, -0.1) is 0 Å². The van der Waals surface area contributed by atoms with E-state index in [1.54, 1.807) is 12.1 Å². The Balaban J connectivity index is 2.38. The largest absolute Gasteiger partial charge is 0.468 e. The van der Waals surface area contributed by atoms with E-state index in [9.17, 15) is 22.0 Å². The van der Waals surface area contributed by atoms with Crippen LogP contribution in [-0.4, -0.2) is 32.3 Å². The predicted molar refractivity (Wildman–Crippen MR) is 90.1 cm³/mol. The summed E-state index contributed by atoms with van der Waals surface area (Å²) in [4.78, 5) is 11.6. The minimum atomic E-state index is -4.05. The third-order valence-corrected chi connectivity index (χ3v) is 5.66. The first-order valence-corrected chi connectivity index (χ1v) is 9.24. The molecule has 2 rings (SSSR count). The van der Waals surface area contributed by atoms with Gasteiger partial charge in [0.2, 0.25) is 10.0 Å². The molecule has 2 aromatic rings. The highest BCUT2D eigenvalue weighted by Crippen LogP contribution is 2.21. The molecule has 0 atom stereocenters. The number of nitrogens with zero attached hydrogens (tertiary/aromatic N) is 1. The summed E-state index contributed by atoms with van der Waals surface area (Å²) in [6.07, 6.45) is 0. The van der Waals surface area contributed by atoms with Crippen molar-refractivity contribution in [1.82, 2.24) is 4.31 Å². The fourth-order valence-corrected chi connectivity index (χ4v) is 3.67. The molecule has 134 valence electrons. The normalized spacial score (nSPS) is 11.6. The highest BCUT2D eigenvalue weighted by molar-refractivity contribution is 9.10. The first-order valence-electron chi connectivity index (χ1n) is 7.00. The summed E-state index contributed by atoms with van der Waals surface area (Å²) >= 11 is 3.21. The van der Waals surface area contributed by atoms with Crippen LogP contribution in [-0.2, 0) is 26.1 Å². The molecule has 0 aromatic heterocycles.